The highest BCUT2D eigenvalue weighted by molar-refractivity contribution is 7.89. The number of nitrogens with one attached hydrogen (secondary N) is 1. The first-order valence-corrected chi connectivity index (χ1v) is 7.98. The number of nitrogens with two attached hydrogens (primary N) is 1. The number of hydrogen-bond donors (Lipinski definition) is 2. The fourth-order valence-electron chi connectivity index (χ4n) is 2.04. The topological polar surface area (TPSA) is 72.2 Å². The lowest BCUT2D eigenvalue weighted by atomic mass is 10.1. The Morgan fingerprint density at radius 2 is 1.86 bits per heavy atom. The van der Waals surface area contributed by atoms with Crippen molar-refractivity contribution >= 4 is 15.7 Å². The quantitative estimate of drug-likeness (QED) is 0.912. The fraction of sp³-hybridized carbons (Fsp3) is 0.200. The molecule has 0 aliphatic carbocycles. The lowest BCUT2D eigenvalue weighted by molar-refractivity contribution is 0.597. The van der Waals surface area contributed by atoms with E-state index in [0.717, 1.165) is 5.56 Å². The molecule has 4 nitrogen and oxygen atoms in total. The summed E-state index contributed by atoms with van der Waals surface area (Å²) >= 11 is 0. The molecule has 0 fully saturated rings. The average molecular weight is 308 g/mol. The summed E-state index contributed by atoms with van der Waals surface area (Å²) in [5.41, 5.74) is 1.95. The summed E-state index contributed by atoms with van der Waals surface area (Å²) in [5.74, 6) is -0.287. The van der Waals surface area contributed by atoms with Gasteiger partial charge in [0.2, 0.25) is 10.0 Å². The Labute approximate surface area is 123 Å². The van der Waals surface area contributed by atoms with E-state index in [-0.39, 0.29) is 16.8 Å². The van der Waals surface area contributed by atoms with E-state index in [1.54, 1.807) is 31.2 Å². The number of anilines is 1. The van der Waals surface area contributed by atoms with Gasteiger partial charge in [0.25, 0.3) is 0 Å². The van der Waals surface area contributed by atoms with Crippen molar-refractivity contribution in [2.45, 2.75) is 24.8 Å². The Morgan fingerprint density at radius 3 is 2.52 bits per heavy atom. The SMILES string of the molecule is Cc1c(F)cccc1NC(C)c1cccc(S(N)(=O)=O)c1. The van der Waals surface area contributed by atoms with Crippen LogP contribution in [0.3, 0.4) is 0 Å². The van der Waals surface area contributed by atoms with Gasteiger partial charge in [-0.1, -0.05) is 18.2 Å². The van der Waals surface area contributed by atoms with Gasteiger partial charge in [0, 0.05) is 17.3 Å². The number of primary sulfonamides is 1. The molecule has 0 aromatic heterocycles. The molecule has 0 saturated carbocycles. The molecule has 112 valence electrons. The highest BCUT2D eigenvalue weighted by Gasteiger charge is 2.12. The molecule has 0 heterocycles. The van der Waals surface area contributed by atoms with Crippen LogP contribution in [0.1, 0.15) is 24.1 Å². The normalized spacial score (nSPS) is 13.0. The maximum Gasteiger partial charge on any atom is 0.238 e. The van der Waals surface area contributed by atoms with Crippen molar-refractivity contribution in [3.8, 4) is 0 Å². The van der Waals surface area contributed by atoms with E-state index < -0.39 is 10.0 Å². The fourth-order valence-corrected chi connectivity index (χ4v) is 2.61. The van der Waals surface area contributed by atoms with Gasteiger partial charge in [-0.15, -0.1) is 0 Å². The van der Waals surface area contributed by atoms with Crippen LogP contribution in [0.25, 0.3) is 0 Å². The standard InChI is InChI=1S/C15H17FN2O2S/c1-10-14(16)7-4-8-15(10)18-11(2)12-5-3-6-13(9-12)21(17,19)20/h3-9,11,18H,1-2H3,(H2,17,19,20). The van der Waals surface area contributed by atoms with Crippen LogP contribution in [-0.4, -0.2) is 8.42 Å². The maximum absolute atomic E-state index is 13.5. The van der Waals surface area contributed by atoms with E-state index in [9.17, 15) is 12.8 Å². The van der Waals surface area contributed by atoms with Gasteiger partial charge in [-0.2, -0.15) is 0 Å². The smallest absolute Gasteiger partial charge is 0.238 e. The number of benzene rings is 2. The first-order valence-electron chi connectivity index (χ1n) is 6.43. The summed E-state index contributed by atoms with van der Waals surface area (Å²) in [5, 5.41) is 8.29. The van der Waals surface area contributed by atoms with E-state index in [1.165, 1.54) is 18.2 Å². The van der Waals surface area contributed by atoms with Gasteiger partial charge < -0.3 is 5.32 Å². The van der Waals surface area contributed by atoms with Crippen molar-refractivity contribution in [2.24, 2.45) is 5.14 Å². The number of hydrogen-bond acceptors (Lipinski definition) is 3. The van der Waals surface area contributed by atoms with Crippen molar-refractivity contribution in [3.05, 3.63) is 59.4 Å². The van der Waals surface area contributed by atoms with E-state index >= 15 is 0 Å². The first kappa shape index (κ1) is 15.5. The van der Waals surface area contributed by atoms with Crippen LogP contribution in [0.4, 0.5) is 10.1 Å². The van der Waals surface area contributed by atoms with Crippen LogP contribution in [0, 0.1) is 12.7 Å². The summed E-state index contributed by atoms with van der Waals surface area (Å²) in [4.78, 5) is 0.0598. The molecule has 1 unspecified atom stereocenters. The zero-order valence-corrected chi connectivity index (χ0v) is 12.6. The zero-order valence-electron chi connectivity index (χ0n) is 11.8. The third-order valence-electron chi connectivity index (χ3n) is 3.33. The predicted octanol–water partition coefficient (Wildman–Crippen LogP) is 2.95. The second-order valence-corrected chi connectivity index (χ2v) is 6.46. The molecule has 3 N–H and O–H groups in total. The molecule has 0 aliphatic rings. The van der Waals surface area contributed by atoms with Crippen molar-refractivity contribution < 1.29 is 12.8 Å². The summed E-state index contributed by atoms with van der Waals surface area (Å²) in [6, 6.07) is 11.0. The Hall–Kier alpha value is -1.92. The molecule has 6 heteroatoms. The maximum atomic E-state index is 13.5. The Bertz CT molecular complexity index is 760. The molecule has 0 radical (unpaired) electrons. The van der Waals surface area contributed by atoms with Crippen molar-refractivity contribution in [3.63, 3.8) is 0 Å². The Balaban J connectivity index is 2.29. The molecule has 0 aliphatic heterocycles. The highest BCUT2D eigenvalue weighted by atomic mass is 32.2. The minimum absolute atomic E-state index is 0.0598. The zero-order chi connectivity index (χ0) is 15.6. The second kappa shape index (κ2) is 5.83. The van der Waals surface area contributed by atoms with Crippen molar-refractivity contribution in [1.29, 1.82) is 0 Å². The van der Waals surface area contributed by atoms with Gasteiger partial charge in [-0.05, 0) is 43.7 Å². The lowest BCUT2D eigenvalue weighted by Crippen LogP contribution is -2.14. The molecule has 2 rings (SSSR count). The van der Waals surface area contributed by atoms with Gasteiger partial charge >= 0.3 is 0 Å². The Morgan fingerprint density at radius 1 is 1.19 bits per heavy atom. The largest absolute Gasteiger partial charge is 0.378 e. The van der Waals surface area contributed by atoms with Gasteiger partial charge in [-0.3, -0.25) is 0 Å². The van der Waals surface area contributed by atoms with Gasteiger partial charge in [0.05, 0.1) is 4.90 Å². The second-order valence-electron chi connectivity index (χ2n) is 4.90. The minimum Gasteiger partial charge on any atom is -0.378 e. The van der Waals surface area contributed by atoms with Crippen molar-refractivity contribution in [2.75, 3.05) is 5.32 Å². The summed E-state index contributed by atoms with van der Waals surface area (Å²) < 4.78 is 36.3. The van der Waals surface area contributed by atoms with Gasteiger partial charge in [0.1, 0.15) is 5.82 Å². The third kappa shape index (κ3) is 3.59. The lowest BCUT2D eigenvalue weighted by Gasteiger charge is -2.18. The van der Waals surface area contributed by atoms with Crippen LogP contribution in [-0.2, 0) is 10.0 Å². The van der Waals surface area contributed by atoms with Crippen molar-refractivity contribution in [1.82, 2.24) is 0 Å². The molecular weight excluding hydrogens is 291 g/mol. The first-order chi connectivity index (χ1) is 9.79. The molecule has 0 bridgehead atoms. The van der Waals surface area contributed by atoms with Gasteiger partial charge in [-0.25, -0.2) is 17.9 Å². The molecule has 1 atom stereocenters. The number of halogens is 1. The predicted molar refractivity (Wildman–Crippen MR) is 81.0 cm³/mol. The molecular formula is C15H17FN2O2S. The minimum atomic E-state index is -3.73. The van der Waals surface area contributed by atoms with Gasteiger partial charge in [0.15, 0.2) is 0 Å². The molecule has 2 aromatic rings. The average Bonchev–Trinajstić information content (AvgIpc) is 2.43. The van der Waals surface area contributed by atoms with Crippen LogP contribution in [0.2, 0.25) is 0 Å². The Kier molecular flexibility index (Phi) is 4.29. The summed E-state index contributed by atoms with van der Waals surface area (Å²) in [6.07, 6.45) is 0. The molecule has 2 aromatic carbocycles. The molecule has 0 amide bonds. The molecule has 0 saturated heterocycles. The van der Waals surface area contributed by atoms with E-state index in [0.29, 0.717) is 11.3 Å². The number of sulfonamides is 1. The van der Waals surface area contributed by atoms with E-state index in [4.69, 9.17) is 5.14 Å². The van der Waals surface area contributed by atoms with Crippen LogP contribution >= 0.6 is 0 Å². The van der Waals surface area contributed by atoms with E-state index in [1.807, 2.05) is 6.92 Å². The summed E-state index contributed by atoms with van der Waals surface area (Å²) in [6.45, 7) is 3.55. The third-order valence-corrected chi connectivity index (χ3v) is 4.24. The van der Waals surface area contributed by atoms with Crippen LogP contribution in [0.5, 0.6) is 0 Å². The molecule has 21 heavy (non-hydrogen) atoms. The van der Waals surface area contributed by atoms with Crippen LogP contribution < -0.4 is 10.5 Å². The number of rotatable bonds is 4. The summed E-state index contributed by atoms with van der Waals surface area (Å²) in [7, 11) is -3.73. The van der Waals surface area contributed by atoms with Crippen LogP contribution in [0.15, 0.2) is 47.4 Å². The monoisotopic (exact) mass is 308 g/mol. The molecule has 0 spiro atoms. The van der Waals surface area contributed by atoms with E-state index in [2.05, 4.69) is 5.32 Å². The highest BCUT2D eigenvalue weighted by Crippen LogP contribution is 2.24.